The normalized spacial score (nSPS) is 10.8. The van der Waals surface area contributed by atoms with E-state index in [1.807, 2.05) is 12.3 Å². The first-order chi connectivity index (χ1) is 9.24. The Hall–Kier alpha value is -2.00. The summed E-state index contributed by atoms with van der Waals surface area (Å²) >= 11 is 2.87. The van der Waals surface area contributed by atoms with Crippen LogP contribution in [-0.2, 0) is 6.54 Å². The summed E-state index contributed by atoms with van der Waals surface area (Å²) in [5.41, 5.74) is 7.57. The zero-order chi connectivity index (χ0) is 13.2. The lowest BCUT2D eigenvalue weighted by Crippen LogP contribution is -2.01. The van der Waals surface area contributed by atoms with Gasteiger partial charge in [0, 0.05) is 5.38 Å². The van der Waals surface area contributed by atoms with Crippen molar-refractivity contribution in [2.24, 2.45) is 0 Å². The number of nitrogens with one attached hydrogen (secondary N) is 1. The molecule has 0 saturated heterocycles. The third-order valence-electron chi connectivity index (χ3n) is 2.41. The molecule has 0 aromatic carbocycles. The predicted molar refractivity (Wildman–Crippen MR) is 74.0 cm³/mol. The Bertz CT molecular complexity index is 674. The Labute approximate surface area is 116 Å². The van der Waals surface area contributed by atoms with Crippen LogP contribution in [0.3, 0.4) is 0 Å². The Morgan fingerprint density at radius 1 is 1.47 bits per heavy atom. The van der Waals surface area contributed by atoms with Crippen molar-refractivity contribution in [3.63, 3.8) is 0 Å². The van der Waals surface area contributed by atoms with Crippen molar-refractivity contribution in [3.8, 4) is 11.3 Å². The van der Waals surface area contributed by atoms with Gasteiger partial charge in [-0.1, -0.05) is 5.16 Å². The molecule has 0 aliphatic rings. The first-order valence-corrected chi connectivity index (χ1v) is 7.06. The van der Waals surface area contributed by atoms with Crippen molar-refractivity contribution in [1.29, 1.82) is 0 Å². The van der Waals surface area contributed by atoms with Crippen LogP contribution in [0.5, 0.6) is 0 Å². The highest BCUT2D eigenvalue weighted by Crippen LogP contribution is 2.37. The number of rotatable bonds is 4. The number of hydrogen-bond acceptors (Lipinski definition) is 9. The van der Waals surface area contributed by atoms with Crippen LogP contribution in [0.15, 0.2) is 16.3 Å². The summed E-state index contributed by atoms with van der Waals surface area (Å²) < 4.78 is 8.84. The molecular weight excluding hydrogens is 284 g/mol. The van der Waals surface area contributed by atoms with Crippen molar-refractivity contribution in [2.75, 3.05) is 11.1 Å². The number of hydrogen-bond donors (Lipinski definition) is 2. The summed E-state index contributed by atoms with van der Waals surface area (Å²) in [5.74, 6) is 1.05. The van der Waals surface area contributed by atoms with Gasteiger partial charge in [0.25, 0.3) is 0 Å². The van der Waals surface area contributed by atoms with Crippen molar-refractivity contribution in [2.45, 2.75) is 13.5 Å². The lowest BCUT2D eigenvalue weighted by Gasteiger charge is -2.02. The number of nitrogen functional groups attached to an aromatic ring is 1. The number of aromatic nitrogens is 4. The first kappa shape index (κ1) is 12.1. The van der Waals surface area contributed by atoms with E-state index < -0.39 is 0 Å². The van der Waals surface area contributed by atoms with Crippen LogP contribution in [0.25, 0.3) is 11.3 Å². The van der Waals surface area contributed by atoms with Gasteiger partial charge < -0.3 is 15.6 Å². The molecule has 0 aliphatic heterocycles. The molecule has 0 saturated carbocycles. The minimum Gasteiger partial charge on any atom is -0.382 e. The lowest BCUT2D eigenvalue weighted by atomic mass is 10.2. The van der Waals surface area contributed by atoms with Crippen LogP contribution in [0.4, 0.5) is 10.8 Å². The Kier molecular flexibility index (Phi) is 3.13. The molecule has 0 bridgehead atoms. The van der Waals surface area contributed by atoms with Gasteiger partial charge in [0.15, 0.2) is 5.82 Å². The Morgan fingerprint density at radius 2 is 2.37 bits per heavy atom. The predicted octanol–water partition coefficient (Wildman–Crippen LogP) is 2.15. The smallest absolute Gasteiger partial charge is 0.213 e. The van der Waals surface area contributed by atoms with Gasteiger partial charge in [-0.05, 0) is 18.5 Å². The maximum absolute atomic E-state index is 5.91. The van der Waals surface area contributed by atoms with Crippen molar-refractivity contribution < 1.29 is 4.52 Å². The van der Waals surface area contributed by atoms with Crippen LogP contribution in [0, 0.1) is 6.92 Å². The second kappa shape index (κ2) is 4.94. The highest BCUT2D eigenvalue weighted by atomic mass is 32.1. The molecular formula is C10H10N6OS2. The third kappa shape index (κ3) is 2.42. The molecule has 98 valence electrons. The lowest BCUT2D eigenvalue weighted by molar-refractivity contribution is 0.411. The zero-order valence-electron chi connectivity index (χ0n) is 9.95. The first-order valence-electron chi connectivity index (χ1n) is 5.41. The minimum atomic E-state index is 0.453. The van der Waals surface area contributed by atoms with Crippen molar-refractivity contribution >= 4 is 33.7 Å². The van der Waals surface area contributed by atoms with E-state index in [4.69, 9.17) is 5.73 Å². The summed E-state index contributed by atoms with van der Waals surface area (Å²) in [5, 5.41) is 10.7. The molecule has 0 unspecified atom stereocenters. The topological polar surface area (TPSA) is 103 Å². The molecule has 0 aliphatic carbocycles. The molecule has 3 N–H and O–H groups in total. The van der Waals surface area contributed by atoms with E-state index in [2.05, 4.69) is 29.3 Å². The van der Waals surface area contributed by atoms with Gasteiger partial charge in [-0.15, -0.1) is 11.3 Å². The van der Waals surface area contributed by atoms with E-state index >= 15 is 0 Å². The highest BCUT2D eigenvalue weighted by Gasteiger charge is 2.16. The van der Waals surface area contributed by atoms with E-state index in [1.54, 1.807) is 11.3 Å². The number of nitrogens with zero attached hydrogens (tertiary/aromatic N) is 4. The second-order valence-corrected chi connectivity index (χ2v) is 5.56. The quantitative estimate of drug-likeness (QED) is 0.760. The van der Waals surface area contributed by atoms with E-state index in [0.29, 0.717) is 18.2 Å². The summed E-state index contributed by atoms with van der Waals surface area (Å²) in [4.78, 5) is 8.38. The van der Waals surface area contributed by atoms with E-state index in [1.165, 1.54) is 17.9 Å². The van der Waals surface area contributed by atoms with E-state index in [-0.39, 0.29) is 0 Å². The largest absolute Gasteiger partial charge is 0.382 e. The van der Waals surface area contributed by atoms with Crippen LogP contribution in [0.1, 0.15) is 10.8 Å². The van der Waals surface area contributed by atoms with Crippen LogP contribution < -0.4 is 11.1 Å². The maximum atomic E-state index is 5.91. The maximum Gasteiger partial charge on any atom is 0.213 e. The van der Waals surface area contributed by atoms with Gasteiger partial charge in [-0.3, -0.25) is 0 Å². The van der Waals surface area contributed by atoms with Gasteiger partial charge in [0.2, 0.25) is 6.39 Å². The van der Waals surface area contributed by atoms with Gasteiger partial charge >= 0.3 is 0 Å². The standard InChI is InChI=1S/C10H10N6OS2/c1-5-14-6(3-18-5)8-9(11)16-19-10(8)12-2-7-13-4-17-15-7/h3-4,12H,2H2,1H3,(H2,11,16). The van der Waals surface area contributed by atoms with Gasteiger partial charge in [-0.2, -0.15) is 9.36 Å². The fourth-order valence-electron chi connectivity index (χ4n) is 1.58. The molecule has 0 atom stereocenters. The molecule has 3 aromatic heterocycles. The van der Waals surface area contributed by atoms with Gasteiger partial charge in [0.1, 0.15) is 10.8 Å². The molecule has 3 rings (SSSR count). The minimum absolute atomic E-state index is 0.453. The van der Waals surface area contributed by atoms with E-state index in [9.17, 15) is 0 Å². The molecule has 9 heteroatoms. The molecule has 0 fully saturated rings. The van der Waals surface area contributed by atoms with Crippen LogP contribution in [-0.4, -0.2) is 19.5 Å². The van der Waals surface area contributed by atoms with E-state index in [0.717, 1.165) is 21.3 Å². The molecule has 3 heterocycles. The molecule has 0 radical (unpaired) electrons. The SMILES string of the molecule is Cc1nc(-c2c(N)nsc2NCc2ncon2)cs1. The Balaban J connectivity index is 1.86. The summed E-state index contributed by atoms with van der Waals surface area (Å²) in [6, 6.07) is 0. The van der Waals surface area contributed by atoms with Crippen LogP contribution in [0.2, 0.25) is 0 Å². The molecule has 0 amide bonds. The molecule has 19 heavy (non-hydrogen) atoms. The average molecular weight is 294 g/mol. The summed E-state index contributed by atoms with van der Waals surface area (Å²) in [7, 11) is 0. The fourth-order valence-corrected chi connectivity index (χ4v) is 2.90. The number of nitrogens with two attached hydrogens (primary N) is 1. The average Bonchev–Trinajstić information content (AvgIpc) is 3.08. The highest BCUT2D eigenvalue weighted by molar-refractivity contribution is 7.11. The Morgan fingerprint density at radius 3 is 3.05 bits per heavy atom. The molecule has 7 nitrogen and oxygen atoms in total. The fraction of sp³-hybridized carbons (Fsp3) is 0.200. The second-order valence-electron chi connectivity index (χ2n) is 3.72. The zero-order valence-corrected chi connectivity index (χ0v) is 11.6. The van der Waals surface area contributed by atoms with Gasteiger partial charge in [0.05, 0.1) is 22.8 Å². The van der Waals surface area contributed by atoms with Crippen molar-refractivity contribution in [1.82, 2.24) is 19.5 Å². The summed E-state index contributed by atoms with van der Waals surface area (Å²) in [6.07, 6.45) is 1.29. The van der Waals surface area contributed by atoms with Gasteiger partial charge in [-0.25, -0.2) is 4.98 Å². The van der Waals surface area contributed by atoms with Crippen molar-refractivity contribution in [3.05, 3.63) is 22.6 Å². The number of thiazole rings is 1. The number of anilines is 2. The molecule has 3 aromatic rings. The monoisotopic (exact) mass is 294 g/mol. The van der Waals surface area contributed by atoms with Crippen LogP contribution >= 0.6 is 22.9 Å². The third-order valence-corrected chi connectivity index (χ3v) is 4.00. The summed E-state index contributed by atoms with van der Waals surface area (Å²) in [6.45, 7) is 2.41. The molecule has 0 spiro atoms. The number of aryl methyl sites for hydroxylation is 1.